The van der Waals surface area contributed by atoms with E-state index in [2.05, 4.69) is 0 Å². The zero-order valence-corrected chi connectivity index (χ0v) is 10.9. The molecule has 3 rings (SSSR count). The molecule has 0 nitrogen and oxygen atoms in total. The van der Waals surface area contributed by atoms with Crippen LogP contribution < -0.4 is 0 Å². The number of fused-ring (bicyclic) bond motifs is 1. The summed E-state index contributed by atoms with van der Waals surface area (Å²) in [5, 5.41) is 0.806. The van der Waals surface area contributed by atoms with E-state index in [1.807, 2.05) is 19.1 Å². The lowest BCUT2D eigenvalue weighted by Gasteiger charge is -2.21. The average molecular weight is 271 g/mol. The Morgan fingerprint density at radius 3 is 2.50 bits per heavy atom. The van der Waals surface area contributed by atoms with Crippen molar-refractivity contribution < 1.29 is 13.2 Å². The van der Waals surface area contributed by atoms with Crippen LogP contribution in [0.15, 0.2) is 24.3 Å². The molecule has 1 saturated carbocycles. The van der Waals surface area contributed by atoms with E-state index in [-0.39, 0.29) is 5.92 Å². The molecule has 1 heterocycles. The van der Waals surface area contributed by atoms with Gasteiger partial charge in [0.15, 0.2) is 9.58 Å². The lowest BCUT2D eigenvalue weighted by atomic mass is 9.84. The molecule has 96 valence electrons. The maximum Gasteiger partial charge on any atom is 0.600 e. The van der Waals surface area contributed by atoms with Crippen LogP contribution in [0, 0.1) is 6.92 Å². The minimum atomic E-state index is -4.14. The first kappa shape index (κ1) is 12.0. The van der Waals surface area contributed by atoms with E-state index in [0.717, 1.165) is 30.2 Å². The van der Waals surface area contributed by atoms with Crippen LogP contribution in [0.2, 0.25) is 0 Å². The van der Waals surface area contributed by atoms with E-state index in [4.69, 9.17) is 0 Å². The second-order valence-corrected chi connectivity index (χ2v) is 6.90. The number of hydrogen-bond acceptors (Lipinski definition) is 0. The molecule has 0 N–H and O–H groups in total. The van der Waals surface area contributed by atoms with Crippen molar-refractivity contribution in [1.82, 2.24) is 0 Å². The molecule has 18 heavy (non-hydrogen) atoms. The summed E-state index contributed by atoms with van der Waals surface area (Å²) in [4.78, 5) is 0.623. The van der Waals surface area contributed by atoms with Gasteiger partial charge in [0.1, 0.15) is 0 Å². The summed E-state index contributed by atoms with van der Waals surface area (Å²) in [5.74, 6) is 0.154. The van der Waals surface area contributed by atoms with Crippen LogP contribution in [0.1, 0.15) is 35.6 Å². The molecular weight excluding hydrogens is 257 g/mol. The van der Waals surface area contributed by atoms with Crippen molar-refractivity contribution in [3.8, 4) is 0 Å². The summed E-state index contributed by atoms with van der Waals surface area (Å²) < 4.78 is 40.4. The predicted octanol–water partition coefficient (Wildman–Crippen LogP) is 5.64. The highest BCUT2D eigenvalue weighted by molar-refractivity contribution is 7.38. The van der Waals surface area contributed by atoms with Gasteiger partial charge in [-0.3, -0.25) is 0 Å². The topological polar surface area (TPSA) is 0 Å². The fourth-order valence-electron chi connectivity index (χ4n) is 2.58. The van der Waals surface area contributed by atoms with Crippen molar-refractivity contribution in [2.24, 2.45) is 0 Å². The largest absolute Gasteiger partial charge is 0.600 e. The molecule has 1 unspecified atom stereocenters. The fraction of sp³-hybridized carbons (Fsp3) is 0.429. The molecule has 1 atom stereocenters. The Balaban J connectivity index is 2.30. The molecule has 1 aliphatic rings. The van der Waals surface area contributed by atoms with Crippen LogP contribution in [0.3, 0.4) is 0 Å². The van der Waals surface area contributed by atoms with Crippen molar-refractivity contribution in [3.63, 3.8) is 0 Å². The van der Waals surface area contributed by atoms with Gasteiger partial charge in [0.2, 0.25) is 0 Å². The first-order chi connectivity index (χ1) is 8.48. The first-order valence-corrected chi connectivity index (χ1v) is 7.33. The van der Waals surface area contributed by atoms with Gasteiger partial charge < -0.3 is 0 Å². The van der Waals surface area contributed by atoms with Gasteiger partial charge in [-0.15, -0.1) is 13.2 Å². The van der Waals surface area contributed by atoms with Crippen LogP contribution >= 0.6 is 10.5 Å². The SMILES string of the molecule is Cc1cccc2c1cc(C1CCC1)[s+]2C(F)(F)F. The highest BCUT2D eigenvalue weighted by Gasteiger charge is 2.50. The molecule has 2 aromatic rings. The monoisotopic (exact) mass is 271 g/mol. The summed E-state index contributed by atoms with van der Waals surface area (Å²) in [6.07, 6.45) is 2.89. The Morgan fingerprint density at radius 2 is 1.94 bits per heavy atom. The minimum Gasteiger partial charge on any atom is -0.118 e. The van der Waals surface area contributed by atoms with E-state index in [1.54, 1.807) is 12.1 Å². The second-order valence-electron chi connectivity index (χ2n) is 4.91. The lowest BCUT2D eigenvalue weighted by molar-refractivity contribution is -0.0868. The number of halogens is 3. The molecule has 4 heteroatoms. The third-order valence-electron chi connectivity index (χ3n) is 3.77. The van der Waals surface area contributed by atoms with Gasteiger partial charge in [-0.1, -0.05) is 18.6 Å². The van der Waals surface area contributed by atoms with Crippen molar-refractivity contribution in [3.05, 3.63) is 34.7 Å². The third-order valence-corrected chi connectivity index (χ3v) is 5.95. The van der Waals surface area contributed by atoms with E-state index < -0.39 is 16.0 Å². The zero-order valence-electron chi connectivity index (χ0n) is 10.1. The maximum atomic E-state index is 13.3. The molecule has 0 radical (unpaired) electrons. The van der Waals surface area contributed by atoms with Crippen molar-refractivity contribution in [1.29, 1.82) is 0 Å². The average Bonchev–Trinajstić information content (AvgIpc) is 2.54. The Hall–Kier alpha value is -1.03. The summed E-state index contributed by atoms with van der Waals surface area (Å²) >= 11 is 0. The smallest absolute Gasteiger partial charge is 0.118 e. The van der Waals surface area contributed by atoms with Gasteiger partial charge in [0.05, 0.1) is 10.5 Å². The standard InChI is InChI=1S/C14H14F3S/c1-9-4-2-7-12-11(9)8-13(10-5-3-6-10)18(12)14(15,16)17/h2,4,7-8,10H,3,5-6H2,1H3/q+1. The Labute approximate surface area is 106 Å². The van der Waals surface area contributed by atoms with Crippen molar-refractivity contribution >= 4 is 20.6 Å². The van der Waals surface area contributed by atoms with Gasteiger partial charge in [0.25, 0.3) is 0 Å². The number of rotatable bonds is 1. The van der Waals surface area contributed by atoms with Gasteiger partial charge in [-0.2, -0.15) is 0 Å². The molecule has 1 aliphatic carbocycles. The third kappa shape index (κ3) is 1.74. The molecule has 0 saturated heterocycles. The second kappa shape index (κ2) is 3.98. The lowest BCUT2D eigenvalue weighted by Crippen LogP contribution is -2.10. The van der Waals surface area contributed by atoms with Gasteiger partial charge in [-0.05, 0) is 31.4 Å². The van der Waals surface area contributed by atoms with E-state index >= 15 is 0 Å². The van der Waals surface area contributed by atoms with Crippen LogP contribution in [-0.4, -0.2) is 0 Å². The van der Waals surface area contributed by atoms with Crippen LogP contribution in [0.5, 0.6) is 0 Å². The fourth-order valence-corrected chi connectivity index (χ4v) is 4.81. The number of thiophene rings is 1. The summed E-state index contributed by atoms with van der Waals surface area (Å²) in [6.45, 7) is 1.89. The Kier molecular flexibility index (Phi) is 2.66. The quantitative estimate of drug-likeness (QED) is 0.589. The number of aryl methyl sites for hydroxylation is 1. The summed E-state index contributed by atoms with van der Waals surface area (Å²) in [7, 11) is -1.69. The molecular formula is C14H14F3S+. The Morgan fingerprint density at radius 1 is 1.22 bits per heavy atom. The van der Waals surface area contributed by atoms with Gasteiger partial charge in [-0.25, -0.2) is 0 Å². The van der Waals surface area contributed by atoms with Crippen LogP contribution in [0.4, 0.5) is 13.2 Å². The number of alkyl halides is 3. The van der Waals surface area contributed by atoms with Crippen LogP contribution in [0.25, 0.3) is 10.1 Å². The van der Waals surface area contributed by atoms with Crippen LogP contribution in [-0.2, 0) is 5.51 Å². The predicted molar refractivity (Wildman–Crippen MR) is 69.1 cm³/mol. The molecule has 1 aromatic carbocycles. The van der Waals surface area contributed by atoms with Crippen molar-refractivity contribution in [2.45, 2.75) is 37.6 Å². The van der Waals surface area contributed by atoms with E-state index in [1.165, 1.54) is 0 Å². The first-order valence-electron chi connectivity index (χ1n) is 6.11. The summed E-state index contributed by atoms with van der Waals surface area (Å²) in [6, 6.07) is 7.07. The Bertz CT molecular complexity index is 591. The normalized spacial score (nSPS) is 18.1. The molecule has 1 aromatic heterocycles. The van der Waals surface area contributed by atoms with Gasteiger partial charge in [0, 0.05) is 17.4 Å². The molecule has 0 bridgehead atoms. The molecule has 0 amide bonds. The number of hydrogen-bond donors (Lipinski definition) is 0. The highest BCUT2D eigenvalue weighted by Crippen LogP contribution is 2.56. The maximum absolute atomic E-state index is 13.3. The van der Waals surface area contributed by atoms with Crippen molar-refractivity contribution in [2.75, 3.05) is 0 Å². The van der Waals surface area contributed by atoms with Gasteiger partial charge >= 0.3 is 5.51 Å². The number of benzene rings is 1. The highest BCUT2D eigenvalue weighted by atomic mass is 32.2. The van der Waals surface area contributed by atoms with E-state index in [0.29, 0.717) is 9.58 Å². The summed E-state index contributed by atoms with van der Waals surface area (Å²) in [5.41, 5.74) is -3.19. The molecule has 0 aliphatic heterocycles. The molecule has 1 fully saturated rings. The zero-order chi connectivity index (χ0) is 12.9. The van der Waals surface area contributed by atoms with E-state index in [9.17, 15) is 13.2 Å². The minimum absolute atomic E-state index is 0.154. The molecule has 0 spiro atoms.